The zero-order chi connectivity index (χ0) is 21.6. The summed E-state index contributed by atoms with van der Waals surface area (Å²) in [5.41, 5.74) is 1.92. The Hall–Kier alpha value is -2.29. The number of carbonyl (C=O) groups excluding carboxylic acids is 1. The first-order valence-electron chi connectivity index (χ1n) is 9.78. The summed E-state index contributed by atoms with van der Waals surface area (Å²) in [6.45, 7) is 3.78. The van der Waals surface area contributed by atoms with Crippen LogP contribution in [0, 0.1) is 6.92 Å². The van der Waals surface area contributed by atoms with Crippen LogP contribution < -0.4 is 15.0 Å². The van der Waals surface area contributed by atoms with E-state index in [4.69, 9.17) is 16.3 Å². The van der Waals surface area contributed by atoms with E-state index in [2.05, 4.69) is 10.2 Å². The van der Waals surface area contributed by atoms with Gasteiger partial charge in [-0.1, -0.05) is 35.9 Å². The molecule has 2 aromatic rings. The Morgan fingerprint density at radius 1 is 1.10 bits per heavy atom. The number of para-hydroxylation sites is 1. The number of nitrogens with one attached hydrogen (secondary N) is 1. The molecule has 1 amide bonds. The molecule has 30 heavy (non-hydrogen) atoms. The second-order valence-electron chi connectivity index (χ2n) is 7.09. The van der Waals surface area contributed by atoms with Gasteiger partial charge in [0.15, 0.2) is 6.61 Å². The van der Waals surface area contributed by atoms with Crippen LogP contribution in [-0.2, 0) is 14.8 Å². The van der Waals surface area contributed by atoms with Crippen molar-refractivity contribution < 1.29 is 17.9 Å². The summed E-state index contributed by atoms with van der Waals surface area (Å²) in [4.78, 5) is 14.1. The molecule has 0 aromatic heterocycles. The summed E-state index contributed by atoms with van der Waals surface area (Å²) in [6, 6.07) is 14.9. The van der Waals surface area contributed by atoms with Gasteiger partial charge in [-0.25, -0.2) is 8.42 Å². The van der Waals surface area contributed by atoms with Crippen LogP contribution in [0.3, 0.4) is 0 Å². The highest BCUT2D eigenvalue weighted by atomic mass is 35.5. The highest BCUT2D eigenvalue weighted by molar-refractivity contribution is 7.89. The fourth-order valence-electron chi connectivity index (χ4n) is 3.26. The summed E-state index contributed by atoms with van der Waals surface area (Å²) in [7, 11) is -3.44. The minimum atomic E-state index is -3.44. The quantitative estimate of drug-likeness (QED) is 0.666. The van der Waals surface area contributed by atoms with Gasteiger partial charge in [-0.3, -0.25) is 4.79 Å². The lowest BCUT2D eigenvalue weighted by Gasteiger charge is -2.35. The lowest BCUT2D eigenvalue weighted by molar-refractivity contribution is -0.122. The van der Waals surface area contributed by atoms with E-state index >= 15 is 0 Å². The van der Waals surface area contributed by atoms with Crippen molar-refractivity contribution in [1.29, 1.82) is 0 Å². The van der Waals surface area contributed by atoms with Crippen LogP contribution >= 0.6 is 11.6 Å². The molecule has 0 bridgehead atoms. The minimum absolute atomic E-state index is 0.0484. The van der Waals surface area contributed by atoms with Crippen molar-refractivity contribution in [3.05, 3.63) is 59.1 Å². The SMILES string of the molecule is Cc1ccccc1OCC(=O)NCCS(=O)(=O)N1CCN(c2cccc(Cl)c2)CC1. The van der Waals surface area contributed by atoms with Crippen LogP contribution in [-0.4, -0.2) is 63.7 Å². The monoisotopic (exact) mass is 451 g/mol. The average molecular weight is 452 g/mol. The van der Waals surface area contributed by atoms with E-state index in [0.29, 0.717) is 37.0 Å². The summed E-state index contributed by atoms with van der Waals surface area (Å²) in [6.07, 6.45) is 0. The average Bonchev–Trinajstić information content (AvgIpc) is 2.73. The van der Waals surface area contributed by atoms with Crippen LogP contribution in [0.5, 0.6) is 5.75 Å². The zero-order valence-corrected chi connectivity index (χ0v) is 18.5. The molecule has 7 nitrogen and oxygen atoms in total. The maximum absolute atomic E-state index is 12.6. The fourth-order valence-corrected chi connectivity index (χ4v) is 4.78. The third-order valence-corrected chi connectivity index (χ3v) is 7.05. The molecule has 9 heteroatoms. The van der Waals surface area contributed by atoms with Gasteiger partial charge in [0.05, 0.1) is 5.75 Å². The van der Waals surface area contributed by atoms with Crippen molar-refractivity contribution in [3.63, 3.8) is 0 Å². The van der Waals surface area contributed by atoms with E-state index in [1.165, 1.54) is 4.31 Å². The lowest BCUT2D eigenvalue weighted by Crippen LogP contribution is -2.50. The molecule has 2 aromatic carbocycles. The number of rotatable bonds is 8. The molecule has 1 aliphatic rings. The van der Waals surface area contributed by atoms with Gasteiger partial charge in [-0.15, -0.1) is 0 Å². The first-order valence-corrected chi connectivity index (χ1v) is 11.8. The number of aryl methyl sites for hydroxylation is 1. The van der Waals surface area contributed by atoms with Crippen molar-refractivity contribution >= 4 is 33.2 Å². The highest BCUT2D eigenvalue weighted by Gasteiger charge is 2.27. The van der Waals surface area contributed by atoms with Gasteiger partial charge in [0.25, 0.3) is 5.91 Å². The number of carbonyl (C=O) groups is 1. The standard InChI is InChI=1S/C21H26ClN3O4S/c1-17-5-2-3-8-20(17)29-16-21(26)23-9-14-30(27,28)25-12-10-24(11-13-25)19-7-4-6-18(22)15-19/h2-8,15H,9-14,16H2,1H3,(H,23,26). The zero-order valence-electron chi connectivity index (χ0n) is 16.9. The molecular formula is C21H26ClN3O4S. The molecule has 1 aliphatic heterocycles. The van der Waals surface area contributed by atoms with E-state index in [1.807, 2.05) is 49.4 Å². The smallest absolute Gasteiger partial charge is 0.257 e. The molecule has 162 valence electrons. The van der Waals surface area contributed by atoms with Gasteiger partial charge in [-0.05, 0) is 36.8 Å². The Kier molecular flexibility index (Phi) is 7.58. The summed E-state index contributed by atoms with van der Waals surface area (Å²) >= 11 is 6.04. The highest BCUT2D eigenvalue weighted by Crippen LogP contribution is 2.21. The van der Waals surface area contributed by atoms with Crippen LogP contribution in [0.4, 0.5) is 5.69 Å². The summed E-state index contributed by atoms with van der Waals surface area (Å²) in [5.74, 6) is 0.150. The van der Waals surface area contributed by atoms with E-state index in [1.54, 1.807) is 6.07 Å². The van der Waals surface area contributed by atoms with Gasteiger partial charge >= 0.3 is 0 Å². The third-order valence-electron chi connectivity index (χ3n) is 4.94. The van der Waals surface area contributed by atoms with Gasteiger partial charge < -0.3 is 15.0 Å². The van der Waals surface area contributed by atoms with Crippen LogP contribution in [0.2, 0.25) is 5.02 Å². The molecule has 1 heterocycles. The molecule has 0 saturated carbocycles. The molecular weight excluding hydrogens is 426 g/mol. The van der Waals surface area contributed by atoms with Crippen LogP contribution in [0.25, 0.3) is 0 Å². The molecule has 1 fully saturated rings. The normalized spacial score (nSPS) is 15.1. The Bertz CT molecular complexity index is 976. The molecule has 0 radical (unpaired) electrons. The molecule has 3 rings (SSSR count). The van der Waals surface area contributed by atoms with E-state index in [-0.39, 0.29) is 24.8 Å². The van der Waals surface area contributed by atoms with Crippen molar-refractivity contribution in [2.45, 2.75) is 6.92 Å². The van der Waals surface area contributed by atoms with E-state index in [0.717, 1.165) is 11.3 Å². The second kappa shape index (κ2) is 10.1. The molecule has 0 unspecified atom stereocenters. The Balaban J connectivity index is 1.41. The maximum atomic E-state index is 12.6. The first kappa shape index (κ1) is 22.4. The predicted molar refractivity (Wildman–Crippen MR) is 119 cm³/mol. The van der Waals surface area contributed by atoms with Crippen molar-refractivity contribution in [3.8, 4) is 5.75 Å². The van der Waals surface area contributed by atoms with E-state index < -0.39 is 10.0 Å². The van der Waals surface area contributed by atoms with Gasteiger partial charge in [0.2, 0.25) is 10.0 Å². The topological polar surface area (TPSA) is 78.9 Å². The second-order valence-corrected chi connectivity index (χ2v) is 9.61. The summed E-state index contributed by atoms with van der Waals surface area (Å²) in [5, 5.41) is 3.27. The largest absolute Gasteiger partial charge is 0.484 e. The van der Waals surface area contributed by atoms with Gasteiger partial charge in [0.1, 0.15) is 5.75 Å². The van der Waals surface area contributed by atoms with Crippen LogP contribution in [0.1, 0.15) is 5.56 Å². The number of sulfonamides is 1. The van der Waals surface area contributed by atoms with Crippen molar-refractivity contribution in [1.82, 2.24) is 9.62 Å². The summed E-state index contributed by atoms with van der Waals surface area (Å²) < 4.78 is 32.1. The Morgan fingerprint density at radius 2 is 1.83 bits per heavy atom. The predicted octanol–water partition coefficient (Wildman–Crippen LogP) is 2.30. The number of hydrogen-bond acceptors (Lipinski definition) is 5. The molecule has 1 N–H and O–H groups in total. The number of anilines is 1. The molecule has 0 spiro atoms. The number of piperazine rings is 1. The van der Waals surface area contributed by atoms with Crippen molar-refractivity contribution in [2.24, 2.45) is 0 Å². The third kappa shape index (κ3) is 6.10. The van der Waals surface area contributed by atoms with Gasteiger partial charge in [0, 0.05) is 43.4 Å². The number of ether oxygens (including phenoxy) is 1. The number of hydrogen-bond donors (Lipinski definition) is 1. The van der Waals surface area contributed by atoms with Crippen molar-refractivity contribution in [2.75, 3.05) is 50.0 Å². The number of benzene rings is 2. The molecule has 0 aliphatic carbocycles. The van der Waals surface area contributed by atoms with Crippen LogP contribution in [0.15, 0.2) is 48.5 Å². The Labute approximate surface area is 182 Å². The van der Waals surface area contributed by atoms with E-state index in [9.17, 15) is 13.2 Å². The maximum Gasteiger partial charge on any atom is 0.257 e. The number of amides is 1. The first-order chi connectivity index (χ1) is 14.3. The molecule has 0 atom stereocenters. The fraction of sp³-hybridized carbons (Fsp3) is 0.381. The lowest BCUT2D eigenvalue weighted by atomic mass is 10.2. The van der Waals surface area contributed by atoms with Gasteiger partial charge in [-0.2, -0.15) is 4.31 Å². The number of nitrogens with zero attached hydrogens (tertiary/aromatic N) is 2. The molecule has 1 saturated heterocycles. The minimum Gasteiger partial charge on any atom is -0.484 e. The Morgan fingerprint density at radius 3 is 2.53 bits per heavy atom. The number of halogens is 1.